The highest BCUT2D eigenvalue weighted by Crippen LogP contribution is 2.66. The van der Waals surface area contributed by atoms with Crippen LogP contribution in [0.5, 0.6) is 17.2 Å². The van der Waals surface area contributed by atoms with E-state index in [1.807, 2.05) is 0 Å². The van der Waals surface area contributed by atoms with Gasteiger partial charge in [-0.05, 0) is 72.4 Å². The summed E-state index contributed by atoms with van der Waals surface area (Å²) in [6, 6.07) is 17.7. The van der Waals surface area contributed by atoms with E-state index in [4.69, 9.17) is 37.4 Å². The van der Waals surface area contributed by atoms with E-state index in [0.717, 1.165) is 10.5 Å². The Bertz CT molecular complexity index is 2540. The van der Waals surface area contributed by atoms with Crippen LogP contribution in [-0.4, -0.2) is 65.9 Å². The first-order valence-electron chi connectivity index (χ1n) is 18.8. The fourth-order valence-corrected chi connectivity index (χ4v) is 9.94. The number of carbonyl (C=O) groups is 4. The minimum absolute atomic E-state index is 0.0271. The van der Waals surface area contributed by atoms with Crippen molar-refractivity contribution in [3.63, 3.8) is 0 Å². The van der Waals surface area contributed by atoms with Crippen molar-refractivity contribution in [2.75, 3.05) is 37.2 Å². The van der Waals surface area contributed by atoms with Crippen LogP contribution in [0.25, 0.3) is 12.2 Å². The Balaban J connectivity index is 1.18. The summed E-state index contributed by atoms with van der Waals surface area (Å²) >= 11 is 14.4. The van der Waals surface area contributed by atoms with Crippen LogP contribution in [0.3, 0.4) is 0 Å². The number of rotatable bonds is 10. The molecule has 4 aromatic rings. The predicted molar refractivity (Wildman–Crippen MR) is 213 cm³/mol. The zero-order chi connectivity index (χ0) is 43.7. The second kappa shape index (κ2) is 15.6. The van der Waals surface area contributed by atoms with Crippen molar-refractivity contribution in [2.45, 2.75) is 28.5 Å². The van der Waals surface area contributed by atoms with Crippen molar-refractivity contribution in [1.29, 1.82) is 0 Å². The van der Waals surface area contributed by atoms with Gasteiger partial charge in [0.1, 0.15) is 29.5 Å². The molecule has 2 heterocycles. The number of allylic oxidation sites excluding steroid dienone is 2. The highest BCUT2D eigenvalue weighted by Gasteiger charge is 2.77. The molecule has 4 aromatic carbocycles. The normalized spacial score (nSPS) is 25.8. The van der Waals surface area contributed by atoms with Gasteiger partial charge < -0.3 is 19.3 Å². The summed E-state index contributed by atoms with van der Waals surface area (Å²) in [4.78, 5) is 53.2. The molecule has 10 nitrogen and oxygen atoms in total. The molecule has 61 heavy (non-hydrogen) atoms. The second-order valence-electron chi connectivity index (χ2n) is 14.9. The molecule has 0 bridgehead atoms. The Kier molecular flexibility index (Phi) is 10.7. The first kappa shape index (κ1) is 41.9. The molecule has 0 aromatic heterocycles. The minimum atomic E-state index is -2.67. The predicted octanol–water partition coefficient (Wildman–Crippen LogP) is 7.71. The van der Waals surface area contributed by atoms with Crippen LogP contribution in [0.1, 0.15) is 35.4 Å². The van der Waals surface area contributed by atoms with Gasteiger partial charge in [-0.3, -0.25) is 24.1 Å². The maximum Gasteiger partial charge on any atom is 0.258 e. The number of halogens is 7. The molecule has 0 spiro atoms. The molecule has 4 aliphatic rings. The lowest BCUT2D eigenvalue weighted by molar-refractivity contribution is -0.125. The molecule has 2 aliphatic carbocycles. The molecule has 1 N–H and O–H groups in total. The highest BCUT2D eigenvalue weighted by molar-refractivity contribution is 6.58. The Morgan fingerprint density at radius 1 is 0.754 bits per heavy atom. The van der Waals surface area contributed by atoms with Gasteiger partial charge in [-0.2, -0.15) is 0 Å². The third kappa shape index (κ3) is 6.30. The van der Waals surface area contributed by atoms with Crippen molar-refractivity contribution >= 4 is 70.4 Å². The average molecular weight is 884 g/mol. The van der Waals surface area contributed by atoms with Gasteiger partial charge in [0.25, 0.3) is 11.8 Å². The number of anilines is 2. The van der Waals surface area contributed by atoms with Crippen molar-refractivity contribution in [2.24, 2.45) is 17.8 Å². The molecule has 6 atom stereocenters. The van der Waals surface area contributed by atoms with Gasteiger partial charge >= 0.3 is 0 Å². The summed E-state index contributed by atoms with van der Waals surface area (Å²) in [7, 11) is 3.08. The maximum atomic E-state index is 15.4. The van der Waals surface area contributed by atoms with Gasteiger partial charge in [0.15, 0.2) is 33.0 Å². The van der Waals surface area contributed by atoms with E-state index in [1.165, 1.54) is 31.4 Å². The van der Waals surface area contributed by atoms with E-state index < -0.39 is 98.2 Å². The van der Waals surface area contributed by atoms with E-state index in [2.05, 4.69) is 0 Å². The van der Waals surface area contributed by atoms with Gasteiger partial charge in [0.05, 0.1) is 38.3 Å². The van der Waals surface area contributed by atoms with Gasteiger partial charge in [-0.1, -0.05) is 48.1 Å². The minimum Gasteiger partial charge on any atom is -0.497 e. The summed E-state index contributed by atoms with van der Waals surface area (Å²) in [5.41, 5.74) is 0.327. The molecular formula is C44H33Cl2F5N2O8. The molecule has 2 saturated heterocycles. The smallest absolute Gasteiger partial charge is 0.258 e. The standard InChI is InChI=1S/C44H33Cl2F5N2O8/c1-59-26-13-16-30(60-2)23(19-26)6-3-21-4-9-24(10-5-21)52-39(55)28-15-14-27-29(31(28)40(52)56)20-43(45)41(57)53(38-36(50)34(48)33(47)35(49)37(38)51)42(58)44(43,46)32(27)22-7-11-25(12-8-22)61-18-17-54/h3-14,16,19,28-29,31-32,54H,15,17-18,20H2,1-2H3/t28-,29+,31-,32-,43+,44-/m0/s1. The lowest BCUT2D eigenvalue weighted by atomic mass is 9.56. The third-order valence-corrected chi connectivity index (χ3v) is 13.3. The first-order chi connectivity index (χ1) is 29.1. The molecule has 17 heteroatoms. The molecule has 2 aliphatic heterocycles. The Labute approximate surface area is 354 Å². The van der Waals surface area contributed by atoms with E-state index in [9.17, 15) is 37.5 Å². The van der Waals surface area contributed by atoms with Crippen molar-refractivity contribution < 1.29 is 60.4 Å². The molecular weight excluding hydrogens is 850 g/mol. The lowest BCUT2D eigenvalue weighted by Crippen LogP contribution is -2.60. The molecule has 4 amide bonds. The number of carbonyl (C=O) groups excluding carboxylic acids is 4. The summed E-state index contributed by atoms with van der Waals surface area (Å²) in [6.07, 6.45) is 4.55. The van der Waals surface area contributed by atoms with E-state index in [-0.39, 0.29) is 41.5 Å². The molecule has 316 valence electrons. The summed E-state index contributed by atoms with van der Waals surface area (Å²) in [5.74, 6) is -19.9. The van der Waals surface area contributed by atoms with Crippen molar-refractivity contribution in [3.05, 3.63) is 124 Å². The van der Waals surface area contributed by atoms with Crippen LogP contribution in [-0.2, 0) is 19.2 Å². The van der Waals surface area contributed by atoms with E-state index in [0.29, 0.717) is 22.6 Å². The number of amides is 4. The number of ether oxygens (including phenoxy) is 3. The summed E-state index contributed by atoms with van der Waals surface area (Å²) in [6.45, 7) is -0.381. The number of alkyl halides is 2. The topological polar surface area (TPSA) is 123 Å². The number of hydrogen-bond acceptors (Lipinski definition) is 8. The molecule has 0 unspecified atom stereocenters. The monoisotopic (exact) mass is 882 g/mol. The second-order valence-corrected chi connectivity index (χ2v) is 16.1. The molecule has 8 rings (SSSR count). The van der Waals surface area contributed by atoms with Crippen LogP contribution in [0.15, 0.2) is 78.4 Å². The highest BCUT2D eigenvalue weighted by atomic mass is 35.5. The van der Waals surface area contributed by atoms with Gasteiger partial charge in [-0.25, -0.2) is 26.9 Å². The number of methoxy groups -OCH3 is 2. The van der Waals surface area contributed by atoms with Crippen LogP contribution >= 0.6 is 23.2 Å². The summed E-state index contributed by atoms with van der Waals surface area (Å²) < 4.78 is 90.3. The number of hydrogen-bond donors (Lipinski definition) is 1. The zero-order valence-corrected chi connectivity index (χ0v) is 33.6. The van der Waals surface area contributed by atoms with E-state index >= 15 is 8.78 Å². The Morgan fingerprint density at radius 3 is 2.02 bits per heavy atom. The number of nitrogens with zero attached hydrogens (tertiary/aromatic N) is 2. The number of imide groups is 2. The molecule has 0 radical (unpaired) electrons. The third-order valence-electron chi connectivity index (χ3n) is 11.8. The van der Waals surface area contributed by atoms with Crippen LogP contribution in [0.2, 0.25) is 0 Å². The molecule has 3 fully saturated rings. The first-order valence-corrected chi connectivity index (χ1v) is 19.6. The Morgan fingerprint density at radius 2 is 1.39 bits per heavy atom. The van der Waals surface area contributed by atoms with Gasteiger partial charge in [-0.15, -0.1) is 23.2 Å². The van der Waals surface area contributed by atoms with Crippen molar-refractivity contribution in [3.8, 4) is 17.2 Å². The van der Waals surface area contributed by atoms with Crippen LogP contribution in [0, 0.1) is 46.8 Å². The Hall–Kier alpha value is -5.77. The maximum absolute atomic E-state index is 15.4. The number of benzene rings is 4. The molecule has 1 saturated carbocycles. The number of aliphatic hydroxyl groups excluding tert-OH is 1. The average Bonchev–Trinajstić information content (AvgIpc) is 3.61. The van der Waals surface area contributed by atoms with Gasteiger partial charge in [0, 0.05) is 11.5 Å². The van der Waals surface area contributed by atoms with Crippen molar-refractivity contribution in [1.82, 2.24) is 0 Å². The van der Waals surface area contributed by atoms with Crippen LogP contribution in [0.4, 0.5) is 33.3 Å². The SMILES string of the molecule is COc1ccc(OC)c(C=Cc2ccc(N3C(=O)[C@H]4[C@H](CC=C5[C@H]4C[C@@]4(Cl)C(=O)N(c6c(F)c(F)c(F)c(F)c6F)C(=O)[C@@]4(Cl)[C@H]5c4ccc(OCCO)cc4)C3=O)cc2)c1. The fourth-order valence-electron chi connectivity index (χ4n) is 9.01. The lowest BCUT2D eigenvalue weighted by Gasteiger charge is -2.50. The van der Waals surface area contributed by atoms with Gasteiger partial charge in [0.2, 0.25) is 17.6 Å². The fraction of sp³-hybridized carbons (Fsp3) is 0.273. The number of fused-ring (bicyclic) bond motifs is 4. The quantitative estimate of drug-likeness (QED) is 0.0327. The number of aliphatic hydroxyl groups is 1. The largest absolute Gasteiger partial charge is 0.497 e. The van der Waals surface area contributed by atoms with Crippen LogP contribution < -0.4 is 24.0 Å². The zero-order valence-electron chi connectivity index (χ0n) is 32.1. The summed E-state index contributed by atoms with van der Waals surface area (Å²) in [5, 5.41) is 9.23. The van der Waals surface area contributed by atoms with E-state index in [1.54, 1.807) is 67.8 Å².